The quantitative estimate of drug-likeness (QED) is 0.197. The highest BCUT2D eigenvalue weighted by atomic mass is 33.1. The van der Waals surface area contributed by atoms with Crippen molar-refractivity contribution in [1.29, 1.82) is 0 Å². The molecule has 10 heteroatoms. The highest BCUT2D eigenvalue weighted by Crippen LogP contribution is 2.45. The molecule has 0 saturated heterocycles. The molecule has 36 heavy (non-hydrogen) atoms. The van der Waals surface area contributed by atoms with E-state index in [1.165, 1.54) is 0 Å². The van der Waals surface area contributed by atoms with E-state index in [4.69, 9.17) is 4.84 Å². The van der Waals surface area contributed by atoms with Crippen molar-refractivity contribution in [3.63, 3.8) is 0 Å². The van der Waals surface area contributed by atoms with Gasteiger partial charge in [-0.25, -0.2) is 9.78 Å². The number of carbonyl (C=O) groups is 4. The zero-order valence-corrected chi connectivity index (χ0v) is 24.6. The molecule has 1 N–H and O–H groups in total. The fraction of sp³-hybridized carbons (Fsp3) is 0.654. The Morgan fingerprint density at radius 3 is 2.19 bits per heavy atom. The molecule has 0 radical (unpaired) electrons. The van der Waals surface area contributed by atoms with Crippen LogP contribution in [0.3, 0.4) is 0 Å². The molecule has 0 aromatic carbocycles. The van der Waals surface area contributed by atoms with Crippen LogP contribution in [0.2, 0.25) is 0 Å². The molecule has 0 fully saturated rings. The Kier molecular flexibility index (Phi) is 11.5. The third kappa shape index (κ3) is 10.5. The number of hydrogen-bond acceptors (Lipinski definition) is 8. The molecule has 1 rings (SSSR count). The van der Waals surface area contributed by atoms with Gasteiger partial charge in [0.05, 0.1) is 5.41 Å². The van der Waals surface area contributed by atoms with E-state index in [9.17, 15) is 19.2 Å². The van der Waals surface area contributed by atoms with Crippen molar-refractivity contribution < 1.29 is 24.0 Å². The number of imide groups is 1. The third-order valence-corrected chi connectivity index (χ3v) is 8.55. The second-order valence-electron chi connectivity index (χ2n) is 11.5. The molecule has 0 aliphatic rings. The van der Waals surface area contributed by atoms with E-state index in [0.29, 0.717) is 17.9 Å². The molecule has 0 aliphatic heterocycles. The Bertz CT molecular complexity index is 917. The standard InChI is InChI=1S/C26H41N3O5S2/c1-10-13-20(31)29(18-30)34-22(33)24(4,5)16-25(6,7)28-21(32)23(2,3)17-26(8,9)36-35-19-14-11-12-15-27-19/h11-12,14-15,18H,10,13,16-17H2,1-9H3,(H,28,32). The molecular formula is C26H41N3O5S2. The first-order valence-electron chi connectivity index (χ1n) is 12.0. The Morgan fingerprint density at radius 2 is 1.67 bits per heavy atom. The number of carbonyl (C=O) groups excluding carboxylic acids is 4. The maximum Gasteiger partial charge on any atom is 0.338 e. The molecule has 0 spiro atoms. The second-order valence-corrected chi connectivity index (χ2v) is 14.4. The van der Waals surface area contributed by atoms with E-state index in [1.54, 1.807) is 48.6 Å². The van der Waals surface area contributed by atoms with Gasteiger partial charge in [0, 0.05) is 28.3 Å². The fourth-order valence-corrected chi connectivity index (χ4v) is 6.47. The van der Waals surface area contributed by atoms with Gasteiger partial charge in [0.2, 0.25) is 5.91 Å². The molecule has 202 valence electrons. The van der Waals surface area contributed by atoms with Crippen LogP contribution in [0.25, 0.3) is 0 Å². The summed E-state index contributed by atoms with van der Waals surface area (Å²) in [6.45, 7) is 16.8. The zero-order valence-electron chi connectivity index (χ0n) is 23.0. The minimum absolute atomic E-state index is 0.0953. The molecule has 0 saturated carbocycles. The summed E-state index contributed by atoms with van der Waals surface area (Å²) in [5, 5.41) is 4.45. The summed E-state index contributed by atoms with van der Waals surface area (Å²) in [6, 6.07) is 5.77. The van der Waals surface area contributed by atoms with Crippen LogP contribution < -0.4 is 5.32 Å². The SMILES string of the molecule is CCCC(=O)N(C=O)OC(=O)C(C)(C)CC(C)(C)NC(=O)C(C)(C)CC(C)(C)SSc1ccccn1. The van der Waals surface area contributed by atoms with Crippen LogP contribution in [-0.4, -0.2) is 44.5 Å². The van der Waals surface area contributed by atoms with Gasteiger partial charge in [0.15, 0.2) is 0 Å². The molecule has 0 aliphatic carbocycles. The maximum atomic E-state index is 13.3. The van der Waals surface area contributed by atoms with E-state index in [0.717, 1.165) is 5.03 Å². The summed E-state index contributed by atoms with van der Waals surface area (Å²) < 4.78 is -0.209. The molecular weight excluding hydrogens is 498 g/mol. The summed E-state index contributed by atoms with van der Waals surface area (Å²) >= 11 is 0. The first-order chi connectivity index (χ1) is 16.4. The Morgan fingerprint density at radius 1 is 1.03 bits per heavy atom. The van der Waals surface area contributed by atoms with Crippen LogP contribution in [0, 0.1) is 10.8 Å². The van der Waals surface area contributed by atoms with E-state index in [1.807, 2.05) is 45.9 Å². The summed E-state index contributed by atoms with van der Waals surface area (Å²) in [5.74, 6) is -1.42. The first-order valence-corrected chi connectivity index (χ1v) is 14.2. The predicted molar refractivity (Wildman–Crippen MR) is 145 cm³/mol. The number of nitrogens with one attached hydrogen (secondary N) is 1. The van der Waals surface area contributed by atoms with Gasteiger partial charge in [-0.3, -0.25) is 14.4 Å². The van der Waals surface area contributed by atoms with Crippen molar-refractivity contribution >= 4 is 45.8 Å². The van der Waals surface area contributed by atoms with Crippen molar-refractivity contribution in [2.45, 2.75) is 103 Å². The monoisotopic (exact) mass is 539 g/mol. The topological polar surface area (TPSA) is 106 Å². The number of hydroxylamine groups is 2. The molecule has 1 aromatic heterocycles. The average molecular weight is 540 g/mol. The number of rotatable bonds is 13. The van der Waals surface area contributed by atoms with Crippen molar-refractivity contribution in [1.82, 2.24) is 15.4 Å². The van der Waals surface area contributed by atoms with Gasteiger partial charge in [-0.05, 0) is 83.7 Å². The number of pyridine rings is 1. The smallest absolute Gasteiger partial charge is 0.338 e. The largest absolute Gasteiger partial charge is 0.351 e. The zero-order chi connectivity index (χ0) is 27.8. The minimum atomic E-state index is -1.07. The molecule has 8 nitrogen and oxygen atoms in total. The molecule has 1 heterocycles. The summed E-state index contributed by atoms with van der Waals surface area (Å²) in [7, 11) is 3.26. The van der Waals surface area contributed by atoms with Crippen LogP contribution in [0.1, 0.15) is 88.0 Å². The highest BCUT2D eigenvalue weighted by molar-refractivity contribution is 8.77. The predicted octanol–water partition coefficient (Wildman–Crippen LogP) is 5.57. The van der Waals surface area contributed by atoms with Crippen LogP contribution in [0.4, 0.5) is 0 Å². The van der Waals surface area contributed by atoms with Gasteiger partial charge in [0.25, 0.3) is 12.3 Å². The van der Waals surface area contributed by atoms with Gasteiger partial charge in [-0.15, -0.1) is 5.06 Å². The number of nitrogens with zero attached hydrogens (tertiary/aromatic N) is 2. The van der Waals surface area contributed by atoms with Gasteiger partial charge < -0.3 is 10.2 Å². The maximum absolute atomic E-state index is 13.3. The normalized spacial score (nSPS) is 12.6. The van der Waals surface area contributed by atoms with Gasteiger partial charge >= 0.3 is 5.97 Å². The van der Waals surface area contributed by atoms with Crippen LogP contribution in [-0.2, 0) is 24.0 Å². The van der Waals surface area contributed by atoms with Crippen molar-refractivity contribution in [2.75, 3.05) is 0 Å². The van der Waals surface area contributed by atoms with Crippen LogP contribution in [0.15, 0.2) is 29.4 Å². The lowest BCUT2D eigenvalue weighted by atomic mass is 9.78. The van der Waals surface area contributed by atoms with E-state index in [-0.39, 0.29) is 29.9 Å². The van der Waals surface area contributed by atoms with Crippen LogP contribution in [0.5, 0.6) is 0 Å². The molecule has 0 unspecified atom stereocenters. The lowest BCUT2D eigenvalue weighted by Crippen LogP contribution is -2.53. The van der Waals surface area contributed by atoms with Crippen molar-refractivity contribution in [3.05, 3.63) is 24.4 Å². The van der Waals surface area contributed by atoms with E-state index >= 15 is 0 Å². The molecule has 0 atom stereocenters. The number of aromatic nitrogens is 1. The highest BCUT2D eigenvalue weighted by Gasteiger charge is 2.42. The molecule has 0 bridgehead atoms. The van der Waals surface area contributed by atoms with Crippen molar-refractivity contribution in [3.8, 4) is 0 Å². The third-order valence-electron chi connectivity index (χ3n) is 5.35. The first kappa shape index (κ1) is 32.0. The van der Waals surface area contributed by atoms with Crippen LogP contribution >= 0.6 is 21.6 Å². The number of amides is 3. The van der Waals surface area contributed by atoms with Gasteiger partial charge in [-0.1, -0.05) is 37.6 Å². The summed E-state index contributed by atoms with van der Waals surface area (Å²) in [6.07, 6.45) is 3.43. The van der Waals surface area contributed by atoms with Gasteiger partial charge in [0.1, 0.15) is 5.03 Å². The molecule has 1 aromatic rings. The minimum Gasteiger partial charge on any atom is -0.351 e. The Balaban J connectivity index is 2.79. The second kappa shape index (κ2) is 12.9. The van der Waals surface area contributed by atoms with E-state index < -0.39 is 28.2 Å². The lowest BCUT2D eigenvalue weighted by molar-refractivity contribution is -0.204. The number of hydrogen-bond donors (Lipinski definition) is 1. The molecule has 3 amide bonds. The Labute approximate surface area is 223 Å². The lowest BCUT2D eigenvalue weighted by Gasteiger charge is -2.38. The Hall–Kier alpha value is -2.07. The summed E-state index contributed by atoms with van der Waals surface area (Å²) in [4.78, 5) is 58.7. The van der Waals surface area contributed by atoms with Crippen molar-refractivity contribution in [2.24, 2.45) is 10.8 Å². The van der Waals surface area contributed by atoms with Gasteiger partial charge in [-0.2, -0.15) is 0 Å². The average Bonchev–Trinajstić information content (AvgIpc) is 2.75. The summed E-state index contributed by atoms with van der Waals surface area (Å²) in [5.41, 5.74) is -2.50. The fourth-order valence-electron chi connectivity index (χ4n) is 4.09. The van der Waals surface area contributed by atoms with E-state index in [2.05, 4.69) is 24.1 Å².